The van der Waals surface area contributed by atoms with Crippen molar-refractivity contribution in [2.24, 2.45) is 0 Å². The summed E-state index contributed by atoms with van der Waals surface area (Å²) >= 11 is 0. The lowest BCUT2D eigenvalue weighted by Gasteiger charge is -2.27. The summed E-state index contributed by atoms with van der Waals surface area (Å²) in [6, 6.07) is 7.45. The molecule has 20 heavy (non-hydrogen) atoms. The first kappa shape index (κ1) is 14.1. The fraction of sp³-hybridized carbons (Fsp3) is 0.625. The number of nitrogens with one attached hydrogen (secondary N) is 1. The number of hydrogen-bond donors (Lipinski definition) is 1. The Balaban J connectivity index is 1.63. The molecule has 1 atom stereocenters. The summed E-state index contributed by atoms with van der Waals surface area (Å²) in [6.07, 6.45) is 5.20. The summed E-state index contributed by atoms with van der Waals surface area (Å²) in [4.78, 5) is 0. The number of sulfone groups is 1. The van der Waals surface area contributed by atoms with Gasteiger partial charge in [-0.15, -0.1) is 0 Å². The quantitative estimate of drug-likeness (QED) is 0.931. The van der Waals surface area contributed by atoms with Crippen molar-refractivity contribution in [1.29, 1.82) is 0 Å². The third-order valence-electron chi connectivity index (χ3n) is 4.66. The molecule has 1 aromatic rings. The predicted octanol–water partition coefficient (Wildman–Crippen LogP) is 2.40. The Morgan fingerprint density at radius 3 is 2.60 bits per heavy atom. The molecule has 1 aliphatic heterocycles. The molecule has 1 aliphatic carbocycles. The van der Waals surface area contributed by atoms with Crippen LogP contribution in [-0.2, 0) is 22.7 Å². The molecule has 0 spiro atoms. The molecule has 1 unspecified atom stereocenters. The molecule has 1 heterocycles. The molecule has 1 aromatic carbocycles. The van der Waals surface area contributed by atoms with E-state index in [1.807, 2.05) is 0 Å². The molecule has 0 saturated carbocycles. The van der Waals surface area contributed by atoms with Crippen LogP contribution in [0.3, 0.4) is 0 Å². The summed E-state index contributed by atoms with van der Waals surface area (Å²) in [5.74, 6) is 0.670. The van der Waals surface area contributed by atoms with Gasteiger partial charge in [0.1, 0.15) is 9.84 Å². The zero-order chi connectivity index (χ0) is 14.2. The van der Waals surface area contributed by atoms with Crippen molar-refractivity contribution in [3.05, 3.63) is 34.9 Å². The van der Waals surface area contributed by atoms with E-state index in [4.69, 9.17) is 0 Å². The van der Waals surface area contributed by atoms with Crippen molar-refractivity contribution in [3.63, 3.8) is 0 Å². The maximum absolute atomic E-state index is 11.5. The van der Waals surface area contributed by atoms with Crippen LogP contribution < -0.4 is 5.32 Å². The zero-order valence-corrected chi connectivity index (χ0v) is 12.9. The van der Waals surface area contributed by atoms with Crippen LogP contribution in [0, 0.1) is 0 Å². The molecular formula is C16H23NO2S. The number of aryl methyl sites for hydroxylation is 2. The Labute approximate surface area is 121 Å². The number of hydrogen-bond acceptors (Lipinski definition) is 3. The molecule has 3 nitrogen and oxygen atoms in total. The van der Waals surface area contributed by atoms with Crippen molar-refractivity contribution >= 4 is 9.84 Å². The van der Waals surface area contributed by atoms with Gasteiger partial charge in [0.25, 0.3) is 0 Å². The monoisotopic (exact) mass is 293 g/mol. The van der Waals surface area contributed by atoms with Gasteiger partial charge in [0.15, 0.2) is 0 Å². The first-order valence-electron chi connectivity index (χ1n) is 7.62. The zero-order valence-electron chi connectivity index (χ0n) is 12.1. The summed E-state index contributed by atoms with van der Waals surface area (Å²) in [5.41, 5.74) is 4.34. The summed E-state index contributed by atoms with van der Waals surface area (Å²) in [5, 5.41) is 3.60. The molecule has 1 fully saturated rings. The minimum atomic E-state index is -2.76. The first-order valence-corrected chi connectivity index (χ1v) is 9.44. The Hall–Kier alpha value is -0.870. The molecule has 2 aliphatic rings. The van der Waals surface area contributed by atoms with Gasteiger partial charge >= 0.3 is 0 Å². The summed E-state index contributed by atoms with van der Waals surface area (Å²) in [6.45, 7) is 2.18. The third-order valence-corrected chi connectivity index (χ3v) is 6.38. The molecule has 1 saturated heterocycles. The van der Waals surface area contributed by atoms with Gasteiger partial charge in [-0.3, -0.25) is 0 Å². The van der Waals surface area contributed by atoms with E-state index in [2.05, 4.69) is 30.4 Å². The largest absolute Gasteiger partial charge is 0.307 e. The van der Waals surface area contributed by atoms with Crippen LogP contribution in [0.4, 0.5) is 0 Å². The van der Waals surface area contributed by atoms with E-state index >= 15 is 0 Å². The average Bonchev–Trinajstić information content (AvgIpc) is 2.88. The van der Waals surface area contributed by atoms with Crippen LogP contribution in [0.5, 0.6) is 0 Å². The topological polar surface area (TPSA) is 46.2 Å². The summed E-state index contributed by atoms with van der Waals surface area (Å²) in [7, 11) is -2.76. The van der Waals surface area contributed by atoms with Gasteiger partial charge in [-0.25, -0.2) is 8.42 Å². The van der Waals surface area contributed by atoms with E-state index in [1.165, 1.54) is 36.0 Å². The second kappa shape index (κ2) is 5.49. The number of fused-ring (bicyclic) bond motifs is 1. The minimum absolute atomic E-state index is 0.298. The highest BCUT2D eigenvalue weighted by atomic mass is 32.2. The molecule has 110 valence electrons. The Bertz CT molecular complexity index is 580. The van der Waals surface area contributed by atoms with E-state index in [0.29, 0.717) is 23.6 Å². The van der Waals surface area contributed by atoms with Gasteiger partial charge in [-0.2, -0.15) is 0 Å². The first-order chi connectivity index (χ1) is 9.53. The standard InChI is InChI=1S/C16H23NO2S/c1-12(17-16-7-9-20(18,19)10-8-16)14-6-5-13-3-2-4-15(13)11-14/h5-6,11-12,16-17H,2-4,7-10H2,1H3. The van der Waals surface area contributed by atoms with E-state index in [0.717, 1.165) is 12.8 Å². The van der Waals surface area contributed by atoms with Gasteiger partial charge < -0.3 is 5.32 Å². The van der Waals surface area contributed by atoms with Crippen molar-refractivity contribution in [3.8, 4) is 0 Å². The van der Waals surface area contributed by atoms with Gasteiger partial charge in [0.2, 0.25) is 0 Å². The lowest BCUT2D eigenvalue weighted by Crippen LogP contribution is -2.38. The van der Waals surface area contributed by atoms with Crippen molar-refractivity contribution < 1.29 is 8.42 Å². The van der Waals surface area contributed by atoms with E-state index in [-0.39, 0.29) is 0 Å². The van der Waals surface area contributed by atoms with Crippen LogP contribution in [-0.4, -0.2) is 26.0 Å². The highest BCUT2D eigenvalue weighted by Crippen LogP contribution is 2.26. The molecule has 1 N–H and O–H groups in total. The smallest absolute Gasteiger partial charge is 0.150 e. The maximum atomic E-state index is 11.5. The third kappa shape index (κ3) is 3.07. The molecule has 0 radical (unpaired) electrons. The van der Waals surface area contributed by atoms with Crippen LogP contribution in [0.25, 0.3) is 0 Å². The van der Waals surface area contributed by atoms with Crippen molar-refractivity contribution in [2.75, 3.05) is 11.5 Å². The fourth-order valence-electron chi connectivity index (χ4n) is 3.37. The highest BCUT2D eigenvalue weighted by molar-refractivity contribution is 7.91. The van der Waals surface area contributed by atoms with Crippen molar-refractivity contribution in [2.45, 2.75) is 51.1 Å². The predicted molar refractivity (Wildman–Crippen MR) is 81.7 cm³/mol. The average molecular weight is 293 g/mol. The second-order valence-corrected chi connectivity index (χ2v) is 8.50. The van der Waals surface area contributed by atoms with Crippen LogP contribution >= 0.6 is 0 Å². The van der Waals surface area contributed by atoms with Crippen LogP contribution in [0.1, 0.15) is 48.9 Å². The lowest BCUT2D eigenvalue weighted by atomic mass is 10.0. The SMILES string of the molecule is CC(NC1CCS(=O)(=O)CC1)c1ccc2c(c1)CCC2. The number of benzene rings is 1. The molecule has 0 amide bonds. The molecule has 0 aromatic heterocycles. The number of rotatable bonds is 3. The minimum Gasteiger partial charge on any atom is -0.307 e. The lowest BCUT2D eigenvalue weighted by molar-refractivity contribution is 0.420. The highest BCUT2D eigenvalue weighted by Gasteiger charge is 2.24. The normalized spacial score (nSPS) is 23.4. The van der Waals surface area contributed by atoms with Gasteiger partial charge in [0.05, 0.1) is 11.5 Å². The van der Waals surface area contributed by atoms with Crippen LogP contribution in [0.15, 0.2) is 18.2 Å². The Morgan fingerprint density at radius 1 is 1.15 bits per heavy atom. The van der Waals surface area contributed by atoms with Gasteiger partial charge in [-0.1, -0.05) is 18.2 Å². The maximum Gasteiger partial charge on any atom is 0.150 e. The van der Waals surface area contributed by atoms with E-state index < -0.39 is 9.84 Å². The van der Waals surface area contributed by atoms with E-state index in [9.17, 15) is 8.42 Å². The fourth-order valence-corrected chi connectivity index (χ4v) is 4.86. The Morgan fingerprint density at radius 2 is 1.85 bits per heavy atom. The molecular weight excluding hydrogens is 270 g/mol. The Kier molecular flexibility index (Phi) is 3.87. The van der Waals surface area contributed by atoms with Crippen LogP contribution in [0.2, 0.25) is 0 Å². The summed E-state index contributed by atoms with van der Waals surface area (Å²) < 4.78 is 22.9. The van der Waals surface area contributed by atoms with Gasteiger partial charge in [0, 0.05) is 12.1 Å². The molecule has 4 heteroatoms. The molecule has 0 bridgehead atoms. The van der Waals surface area contributed by atoms with Gasteiger partial charge in [-0.05, 0) is 55.7 Å². The van der Waals surface area contributed by atoms with E-state index in [1.54, 1.807) is 0 Å². The van der Waals surface area contributed by atoms with Crippen molar-refractivity contribution in [1.82, 2.24) is 5.32 Å². The second-order valence-electron chi connectivity index (χ2n) is 6.20. The molecule has 3 rings (SSSR count).